The molecule has 1 fully saturated rings. The topological polar surface area (TPSA) is 15.3 Å². The fourth-order valence-corrected chi connectivity index (χ4v) is 3.40. The molecule has 1 heterocycles. The average molecular weight is 278 g/mol. The maximum atomic E-state index is 3.47. The lowest BCUT2D eigenvalue weighted by molar-refractivity contribution is 0.225. The van der Waals surface area contributed by atoms with Crippen molar-refractivity contribution in [1.29, 1.82) is 0 Å². The maximum Gasteiger partial charge on any atom is 0.0320 e. The molecule has 1 unspecified atom stereocenters. The number of nitrogens with one attached hydrogen (secondary N) is 1. The Morgan fingerprint density at radius 2 is 1.79 bits per heavy atom. The second-order valence-electron chi connectivity index (χ2n) is 5.55. The Balaban J connectivity index is 1.99. The van der Waals surface area contributed by atoms with E-state index in [1.807, 2.05) is 11.8 Å². The Kier molecular flexibility index (Phi) is 5.74. The maximum absolute atomic E-state index is 3.47. The zero-order valence-corrected chi connectivity index (χ0v) is 13.2. The standard InChI is InChI=1S/C16H26N2S/c1-13(2)19-16-7-5-15(6-8-16)14(3)18-11-4-9-17-10-12-18/h5-8,13-14,17H,4,9-12H2,1-3H3. The molecule has 0 bridgehead atoms. The van der Waals surface area contributed by atoms with E-state index in [0.717, 1.165) is 19.6 Å². The van der Waals surface area contributed by atoms with Crippen molar-refractivity contribution in [3.8, 4) is 0 Å². The lowest BCUT2D eigenvalue weighted by Gasteiger charge is -2.27. The predicted molar refractivity (Wildman–Crippen MR) is 84.9 cm³/mol. The van der Waals surface area contributed by atoms with Gasteiger partial charge in [0.1, 0.15) is 0 Å². The summed E-state index contributed by atoms with van der Waals surface area (Å²) in [6.07, 6.45) is 1.26. The van der Waals surface area contributed by atoms with E-state index in [1.54, 1.807) is 0 Å². The van der Waals surface area contributed by atoms with E-state index in [-0.39, 0.29) is 0 Å². The van der Waals surface area contributed by atoms with Crippen LogP contribution in [0, 0.1) is 0 Å². The van der Waals surface area contributed by atoms with Crippen LogP contribution < -0.4 is 5.32 Å². The van der Waals surface area contributed by atoms with Crippen LogP contribution >= 0.6 is 11.8 Å². The molecule has 1 aliphatic heterocycles. The molecule has 1 N–H and O–H groups in total. The number of thioether (sulfide) groups is 1. The Morgan fingerprint density at radius 3 is 2.47 bits per heavy atom. The summed E-state index contributed by atoms with van der Waals surface area (Å²) < 4.78 is 0. The molecule has 0 aromatic heterocycles. The molecule has 0 radical (unpaired) electrons. The van der Waals surface area contributed by atoms with Gasteiger partial charge >= 0.3 is 0 Å². The number of hydrogen-bond acceptors (Lipinski definition) is 3. The van der Waals surface area contributed by atoms with Crippen LogP contribution in [0.2, 0.25) is 0 Å². The molecule has 0 aliphatic carbocycles. The lowest BCUT2D eigenvalue weighted by Crippen LogP contribution is -2.30. The zero-order chi connectivity index (χ0) is 13.7. The fraction of sp³-hybridized carbons (Fsp3) is 0.625. The van der Waals surface area contributed by atoms with Gasteiger partial charge in [-0.15, -0.1) is 11.8 Å². The van der Waals surface area contributed by atoms with E-state index < -0.39 is 0 Å². The minimum absolute atomic E-state index is 0.526. The van der Waals surface area contributed by atoms with Gasteiger partial charge in [-0.2, -0.15) is 0 Å². The molecule has 19 heavy (non-hydrogen) atoms. The molecule has 3 heteroatoms. The summed E-state index contributed by atoms with van der Waals surface area (Å²) >= 11 is 1.93. The summed E-state index contributed by atoms with van der Waals surface area (Å²) in [5.41, 5.74) is 1.44. The summed E-state index contributed by atoms with van der Waals surface area (Å²) in [7, 11) is 0. The molecule has 1 atom stereocenters. The Labute approximate surface area is 122 Å². The summed E-state index contributed by atoms with van der Waals surface area (Å²) in [5.74, 6) is 0. The Morgan fingerprint density at radius 1 is 1.05 bits per heavy atom. The minimum Gasteiger partial charge on any atom is -0.315 e. The molecule has 0 amide bonds. The highest BCUT2D eigenvalue weighted by Gasteiger charge is 2.16. The first-order valence-electron chi connectivity index (χ1n) is 7.38. The summed E-state index contributed by atoms with van der Waals surface area (Å²) in [6, 6.07) is 9.67. The second-order valence-corrected chi connectivity index (χ2v) is 7.20. The van der Waals surface area contributed by atoms with Crippen molar-refractivity contribution in [2.24, 2.45) is 0 Å². The smallest absolute Gasteiger partial charge is 0.0320 e. The first-order valence-corrected chi connectivity index (χ1v) is 8.26. The van der Waals surface area contributed by atoms with E-state index in [9.17, 15) is 0 Å². The number of hydrogen-bond donors (Lipinski definition) is 1. The third kappa shape index (κ3) is 4.51. The van der Waals surface area contributed by atoms with Crippen LogP contribution in [-0.4, -0.2) is 36.3 Å². The lowest BCUT2D eigenvalue weighted by atomic mass is 10.1. The van der Waals surface area contributed by atoms with Crippen LogP contribution in [0.3, 0.4) is 0 Å². The van der Waals surface area contributed by atoms with Crippen LogP contribution in [0.25, 0.3) is 0 Å². The van der Waals surface area contributed by atoms with E-state index >= 15 is 0 Å². The summed E-state index contributed by atoms with van der Waals surface area (Å²) in [6.45, 7) is 11.5. The van der Waals surface area contributed by atoms with Crippen molar-refractivity contribution in [2.45, 2.75) is 43.4 Å². The quantitative estimate of drug-likeness (QED) is 0.848. The molecule has 1 aliphatic rings. The van der Waals surface area contributed by atoms with E-state index in [4.69, 9.17) is 0 Å². The fourth-order valence-electron chi connectivity index (χ4n) is 2.56. The third-order valence-corrected chi connectivity index (χ3v) is 4.67. The molecule has 2 nitrogen and oxygen atoms in total. The molecule has 106 valence electrons. The van der Waals surface area contributed by atoms with Crippen LogP contribution in [0.4, 0.5) is 0 Å². The second kappa shape index (κ2) is 7.32. The molecular weight excluding hydrogens is 252 g/mol. The molecule has 1 saturated heterocycles. The van der Waals surface area contributed by atoms with Crippen LogP contribution in [0.5, 0.6) is 0 Å². The highest BCUT2D eigenvalue weighted by atomic mass is 32.2. The van der Waals surface area contributed by atoms with Crippen LogP contribution in [0.15, 0.2) is 29.2 Å². The van der Waals surface area contributed by atoms with Gasteiger partial charge in [-0.3, -0.25) is 4.90 Å². The van der Waals surface area contributed by atoms with Gasteiger partial charge in [0.2, 0.25) is 0 Å². The Hall–Kier alpha value is -0.510. The van der Waals surface area contributed by atoms with Crippen molar-refractivity contribution < 1.29 is 0 Å². The molecule has 1 aromatic rings. The molecule has 0 spiro atoms. The van der Waals surface area contributed by atoms with Gasteiger partial charge < -0.3 is 5.32 Å². The summed E-state index contributed by atoms with van der Waals surface area (Å²) in [5, 5.41) is 4.12. The predicted octanol–water partition coefficient (Wildman–Crippen LogP) is 3.54. The molecular formula is C16H26N2S. The van der Waals surface area contributed by atoms with Crippen LogP contribution in [0.1, 0.15) is 38.8 Å². The number of benzene rings is 1. The van der Waals surface area contributed by atoms with Gasteiger partial charge in [-0.25, -0.2) is 0 Å². The normalized spacial score (nSPS) is 19.4. The minimum atomic E-state index is 0.526. The molecule has 1 aromatic carbocycles. The van der Waals surface area contributed by atoms with Gasteiger partial charge in [0.15, 0.2) is 0 Å². The number of nitrogens with zero attached hydrogens (tertiary/aromatic N) is 1. The number of rotatable bonds is 4. The van der Waals surface area contributed by atoms with Crippen molar-refractivity contribution in [3.05, 3.63) is 29.8 Å². The zero-order valence-electron chi connectivity index (χ0n) is 12.4. The van der Waals surface area contributed by atoms with Gasteiger partial charge in [0.25, 0.3) is 0 Å². The van der Waals surface area contributed by atoms with Crippen molar-refractivity contribution in [1.82, 2.24) is 10.2 Å². The monoisotopic (exact) mass is 278 g/mol. The first-order chi connectivity index (χ1) is 9.16. The van der Waals surface area contributed by atoms with E-state index in [2.05, 4.69) is 55.3 Å². The van der Waals surface area contributed by atoms with Gasteiger partial charge in [0.05, 0.1) is 0 Å². The Bertz CT molecular complexity index is 367. The van der Waals surface area contributed by atoms with Gasteiger partial charge in [0, 0.05) is 29.3 Å². The van der Waals surface area contributed by atoms with Gasteiger partial charge in [-0.1, -0.05) is 26.0 Å². The van der Waals surface area contributed by atoms with Crippen LogP contribution in [-0.2, 0) is 0 Å². The van der Waals surface area contributed by atoms with Crippen molar-refractivity contribution in [2.75, 3.05) is 26.2 Å². The van der Waals surface area contributed by atoms with E-state index in [1.165, 1.54) is 23.4 Å². The highest BCUT2D eigenvalue weighted by Crippen LogP contribution is 2.26. The van der Waals surface area contributed by atoms with E-state index in [0.29, 0.717) is 11.3 Å². The summed E-state index contributed by atoms with van der Waals surface area (Å²) in [4.78, 5) is 3.97. The average Bonchev–Trinajstić information content (AvgIpc) is 2.67. The third-order valence-electron chi connectivity index (χ3n) is 3.66. The molecule has 0 saturated carbocycles. The molecule has 2 rings (SSSR count). The first kappa shape index (κ1) is 14.9. The van der Waals surface area contributed by atoms with Crippen molar-refractivity contribution in [3.63, 3.8) is 0 Å². The van der Waals surface area contributed by atoms with Gasteiger partial charge in [-0.05, 0) is 44.1 Å². The highest BCUT2D eigenvalue weighted by molar-refractivity contribution is 7.99. The largest absolute Gasteiger partial charge is 0.315 e. The SMILES string of the molecule is CC(C)Sc1ccc(C(C)N2CCCNCC2)cc1. The van der Waals surface area contributed by atoms with Crippen molar-refractivity contribution >= 4 is 11.8 Å².